The number of rotatable bonds is 10. The predicted molar refractivity (Wildman–Crippen MR) is 121 cm³/mol. The van der Waals surface area contributed by atoms with E-state index in [0.29, 0.717) is 26.2 Å². The van der Waals surface area contributed by atoms with Crippen molar-refractivity contribution in [1.29, 1.82) is 0 Å². The number of likely N-dealkylation sites (N-methyl/N-ethyl adjacent to an activating group) is 1. The second-order valence-corrected chi connectivity index (χ2v) is 10.0. The molecule has 13 heteroatoms. The van der Waals surface area contributed by atoms with Gasteiger partial charge in [-0.15, -0.1) is 0 Å². The van der Waals surface area contributed by atoms with Gasteiger partial charge in [-0.2, -0.15) is 17.7 Å². The maximum absolute atomic E-state index is 14.0. The first kappa shape index (κ1) is 25.6. The molecule has 0 saturated carbocycles. The molecule has 2 aromatic rings. The summed E-state index contributed by atoms with van der Waals surface area (Å²) in [6.07, 6.45) is -0.593. The summed E-state index contributed by atoms with van der Waals surface area (Å²) in [5.41, 5.74) is 0.120. The molecule has 3 rings (SSSR count). The third-order valence-electron chi connectivity index (χ3n) is 5.00. The normalized spacial score (nSPS) is 16.5. The summed E-state index contributed by atoms with van der Waals surface area (Å²) < 4.78 is 62.5. The fraction of sp³-hybridized carbons (Fsp3) is 0.500. The Hall–Kier alpha value is -2.06. The summed E-state index contributed by atoms with van der Waals surface area (Å²) in [7, 11) is -3.87. The van der Waals surface area contributed by atoms with Crippen LogP contribution in [0.5, 0.6) is 5.88 Å². The minimum absolute atomic E-state index is 0.0216. The topological polar surface area (TPSA) is 108 Å². The number of benzene rings is 1. The van der Waals surface area contributed by atoms with Gasteiger partial charge in [0, 0.05) is 43.6 Å². The van der Waals surface area contributed by atoms with Crippen LogP contribution in [0.15, 0.2) is 29.4 Å². The van der Waals surface area contributed by atoms with Crippen LogP contribution in [0.2, 0.25) is 0 Å². The first-order valence-electron chi connectivity index (χ1n) is 10.4. The van der Waals surface area contributed by atoms with E-state index in [4.69, 9.17) is 4.74 Å². The lowest BCUT2D eigenvalue weighted by molar-refractivity contribution is 0.124. The summed E-state index contributed by atoms with van der Waals surface area (Å²) in [4.78, 5) is 10.6. The number of halogens is 2. The monoisotopic (exact) mass is 503 g/mol. The first-order valence-corrected chi connectivity index (χ1v) is 12.9. The highest BCUT2D eigenvalue weighted by Gasteiger charge is 2.27. The lowest BCUT2D eigenvalue weighted by atomic mass is 10.2. The zero-order valence-corrected chi connectivity index (χ0v) is 20.0. The van der Waals surface area contributed by atoms with Crippen molar-refractivity contribution < 1.29 is 27.0 Å². The van der Waals surface area contributed by atoms with Crippen molar-refractivity contribution in [3.8, 4) is 5.88 Å². The number of aliphatic hydroxyl groups is 1. The summed E-state index contributed by atoms with van der Waals surface area (Å²) in [5, 5.41) is 9.38. The molecule has 0 spiro atoms. The summed E-state index contributed by atoms with van der Waals surface area (Å²) >= 11 is 0.998. The molecule has 1 fully saturated rings. The van der Waals surface area contributed by atoms with Crippen LogP contribution in [0, 0.1) is 11.6 Å². The van der Waals surface area contributed by atoms with Gasteiger partial charge in [0.2, 0.25) is 5.88 Å². The Morgan fingerprint density at radius 1 is 1.24 bits per heavy atom. The molecule has 1 saturated heterocycles. The lowest BCUT2D eigenvalue weighted by Gasteiger charge is -2.33. The Bertz CT molecular complexity index is 1050. The average Bonchev–Trinajstić information content (AvgIpc) is 2.79. The number of ether oxygens (including phenoxy) is 1. The fourth-order valence-electron chi connectivity index (χ4n) is 3.11. The smallest absolute Gasteiger partial charge is 0.302 e. The number of aliphatic hydroxyl groups excluding tert-OH is 1. The molecular formula is C20H27F2N5O4S2. The molecule has 0 aliphatic carbocycles. The average molecular weight is 504 g/mol. The third kappa shape index (κ3) is 6.96. The number of aromatic nitrogens is 2. The zero-order chi connectivity index (χ0) is 24.0. The Kier molecular flexibility index (Phi) is 8.82. The molecular weight excluding hydrogens is 476 g/mol. The van der Waals surface area contributed by atoms with Crippen LogP contribution in [-0.4, -0.2) is 78.1 Å². The second-order valence-electron chi connectivity index (χ2n) is 7.43. The second kappa shape index (κ2) is 11.4. The standard InChI is InChI=1S/C20H27F2N5O4S2/c1-3-26-7-9-27(10-8-26)33(29,30)25-17-11-18(31-14(2)12-28)24-20(23-17)32-13-15-5-4-6-16(21)19(15)22/h4-6,11,14,28H,3,7-10,12-13H2,1-2H3,(H,23,24,25). The van der Waals surface area contributed by atoms with Crippen LogP contribution in [0.3, 0.4) is 0 Å². The van der Waals surface area contributed by atoms with Crippen molar-refractivity contribution in [3.63, 3.8) is 0 Å². The van der Waals surface area contributed by atoms with E-state index in [2.05, 4.69) is 19.6 Å². The van der Waals surface area contributed by atoms with E-state index in [0.717, 1.165) is 24.4 Å². The molecule has 1 aromatic carbocycles. The largest absolute Gasteiger partial charge is 0.472 e. The van der Waals surface area contributed by atoms with Crippen LogP contribution in [0.1, 0.15) is 19.4 Å². The predicted octanol–water partition coefficient (Wildman–Crippen LogP) is 2.10. The van der Waals surface area contributed by atoms with E-state index in [9.17, 15) is 22.3 Å². The van der Waals surface area contributed by atoms with Gasteiger partial charge < -0.3 is 14.7 Å². The van der Waals surface area contributed by atoms with Gasteiger partial charge in [-0.1, -0.05) is 30.8 Å². The van der Waals surface area contributed by atoms with Gasteiger partial charge in [-0.3, -0.25) is 4.72 Å². The highest BCUT2D eigenvalue weighted by molar-refractivity contribution is 7.98. The van der Waals surface area contributed by atoms with Gasteiger partial charge in [0.15, 0.2) is 16.8 Å². The van der Waals surface area contributed by atoms with Crippen molar-refractivity contribution in [1.82, 2.24) is 19.2 Å². The SMILES string of the molecule is CCN1CCN(S(=O)(=O)Nc2cc(OC(C)CO)nc(SCc3cccc(F)c3F)n2)CC1. The summed E-state index contributed by atoms with van der Waals surface area (Å²) in [5.74, 6) is -1.88. The van der Waals surface area contributed by atoms with Crippen LogP contribution in [0.4, 0.5) is 14.6 Å². The van der Waals surface area contributed by atoms with E-state index < -0.39 is 27.9 Å². The van der Waals surface area contributed by atoms with E-state index in [1.165, 1.54) is 22.5 Å². The Morgan fingerprint density at radius 3 is 2.64 bits per heavy atom. The summed E-state index contributed by atoms with van der Waals surface area (Å²) in [6.45, 7) is 6.17. The lowest BCUT2D eigenvalue weighted by Crippen LogP contribution is -2.50. The van der Waals surface area contributed by atoms with E-state index in [1.807, 2.05) is 6.92 Å². The highest BCUT2D eigenvalue weighted by Crippen LogP contribution is 2.26. The zero-order valence-electron chi connectivity index (χ0n) is 18.4. The van der Waals surface area contributed by atoms with Gasteiger partial charge in [0.05, 0.1) is 6.61 Å². The van der Waals surface area contributed by atoms with Crippen molar-refractivity contribution in [3.05, 3.63) is 41.5 Å². The van der Waals surface area contributed by atoms with Gasteiger partial charge in [-0.05, 0) is 19.5 Å². The molecule has 1 aliphatic heterocycles. The van der Waals surface area contributed by atoms with Crippen molar-refractivity contribution in [2.45, 2.75) is 30.9 Å². The number of anilines is 1. The third-order valence-corrected chi connectivity index (χ3v) is 7.41. The van der Waals surface area contributed by atoms with Gasteiger partial charge >= 0.3 is 10.2 Å². The number of hydrogen-bond acceptors (Lipinski definition) is 8. The van der Waals surface area contributed by atoms with Gasteiger partial charge in [0.1, 0.15) is 11.9 Å². The molecule has 182 valence electrons. The molecule has 9 nitrogen and oxygen atoms in total. The molecule has 0 amide bonds. The molecule has 33 heavy (non-hydrogen) atoms. The van der Waals surface area contributed by atoms with Crippen molar-refractivity contribution >= 4 is 27.8 Å². The first-order chi connectivity index (χ1) is 15.7. The van der Waals surface area contributed by atoms with Crippen molar-refractivity contribution in [2.24, 2.45) is 0 Å². The van der Waals surface area contributed by atoms with Crippen molar-refractivity contribution in [2.75, 3.05) is 44.1 Å². The molecule has 1 aliphatic rings. The number of nitrogens with one attached hydrogen (secondary N) is 1. The fourth-order valence-corrected chi connectivity index (χ4v) is 5.08. The molecule has 1 aromatic heterocycles. The number of piperazine rings is 1. The Labute approximate surface area is 196 Å². The highest BCUT2D eigenvalue weighted by atomic mass is 32.2. The van der Waals surface area contributed by atoms with E-state index >= 15 is 0 Å². The van der Waals surface area contributed by atoms with Crippen LogP contribution >= 0.6 is 11.8 Å². The molecule has 1 unspecified atom stereocenters. The van der Waals surface area contributed by atoms with E-state index in [1.54, 1.807) is 6.92 Å². The number of thioether (sulfide) groups is 1. The van der Waals surface area contributed by atoms with Crippen LogP contribution in [-0.2, 0) is 16.0 Å². The molecule has 2 N–H and O–H groups in total. The summed E-state index contributed by atoms with van der Waals surface area (Å²) in [6, 6.07) is 5.19. The minimum atomic E-state index is -3.87. The Balaban J connectivity index is 1.79. The number of hydrogen-bond donors (Lipinski definition) is 2. The van der Waals surface area contributed by atoms with Crippen LogP contribution in [0.25, 0.3) is 0 Å². The molecule has 2 heterocycles. The van der Waals surface area contributed by atoms with E-state index in [-0.39, 0.29) is 34.8 Å². The van der Waals surface area contributed by atoms with Crippen LogP contribution < -0.4 is 9.46 Å². The Morgan fingerprint density at radius 2 is 1.97 bits per heavy atom. The molecule has 1 atom stereocenters. The number of nitrogens with zero attached hydrogens (tertiary/aromatic N) is 4. The maximum atomic E-state index is 14.0. The van der Waals surface area contributed by atoms with Gasteiger partial charge in [0.25, 0.3) is 0 Å². The molecule has 0 bridgehead atoms. The maximum Gasteiger partial charge on any atom is 0.302 e. The molecule has 0 radical (unpaired) electrons. The quantitative estimate of drug-likeness (QED) is 0.375. The minimum Gasteiger partial charge on any atom is -0.472 e. The van der Waals surface area contributed by atoms with Gasteiger partial charge in [-0.25, -0.2) is 13.8 Å².